The molecule has 0 aliphatic rings. The van der Waals surface area contributed by atoms with E-state index in [0.717, 1.165) is 21.6 Å². The summed E-state index contributed by atoms with van der Waals surface area (Å²) in [6, 6.07) is 14.7. The van der Waals surface area contributed by atoms with Gasteiger partial charge >= 0.3 is 0 Å². The van der Waals surface area contributed by atoms with Crippen molar-refractivity contribution in [2.75, 3.05) is 6.61 Å². The molecule has 1 heterocycles. The maximum Gasteiger partial charge on any atom is 0.269 e. The number of aryl methyl sites for hydroxylation is 1. The first kappa shape index (κ1) is 18.8. The lowest BCUT2D eigenvalue weighted by atomic mass is 10.2. The van der Waals surface area contributed by atoms with Crippen molar-refractivity contribution in [2.45, 2.75) is 26.2 Å². The van der Waals surface area contributed by atoms with Gasteiger partial charge in [0.05, 0.1) is 21.8 Å². The van der Waals surface area contributed by atoms with Crippen molar-refractivity contribution >= 4 is 33.4 Å². The highest BCUT2D eigenvalue weighted by atomic mass is 32.1. The van der Waals surface area contributed by atoms with Crippen LogP contribution in [0.4, 0.5) is 0 Å². The summed E-state index contributed by atoms with van der Waals surface area (Å²) in [5.74, 6) is 0.112. The van der Waals surface area contributed by atoms with Gasteiger partial charge in [-0.05, 0) is 56.2 Å². The molecule has 0 radical (unpaired) electrons. The first-order valence-corrected chi connectivity index (χ1v) is 9.64. The lowest BCUT2D eigenvalue weighted by Gasteiger charge is -2.08. The van der Waals surface area contributed by atoms with Crippen LogP contribution in [0.15, 0.2) is 48.5 Å². The molecule has 0 spiro atoms. The van der Waals surface area contributed by atoms with E-state index in [1.54, 1.807) is 35.6 Å². The van der Waals surface area contributed by atoms with Crippen LogP contribution in [0.25, 0.3) is 10.2 Å². The number of rotatable bonds is 7. The highest BCUT2D eigenvalue weighted by Crippen LogP contribution is 2.22. The Bertz CT molecular complexity index is 889. The van der Waals surface area contributed by atoms with Crippen LogP contribution in [0.3, 0.4) is 0 Å². The number of amides is 2. The van der Waals surface area contributed by atoms with E-state index in [9.17, 15) is 9.59 Å². The summed E-state index contributed by atoms with van der Waals surface area (Å²) in [7, 11) is 0. The molecule has 0 aliphatic heterocycles. The standard InChI is InChI=1S/C20H21N3O3S/c1-2-26-15-12-10-14(11-13-15)20(25)23-22-18(24)8-5-9-19-21-16-6-3-4-7-17(16)27-19/h3-4,6-7,10-13H,2,5,8-9H2,1H3,(H,22,24)(H,23,25). The molecule has 0 unspecified atom stereocenters. The largest absolute Gasteiger partial charge is 0.494 e. The Morgan fingerprint density at radius 3 is 2.59 bits per heavy atom. The topological polar surface area (TPSA) is 80.3 Å². The Morgan fingerprint density at radius 1 is 1.07 bits per heavy atom. The first-order chi connectivity index (χ1) is 13.2. The molecule has 7 heteroatoms. The zero-order valence-electron chi connectivity index (χ0n) is 15.0. The number of thiazole rings is 1. The van der Waals surface area contributed by atoms with Gasteiger partial charge in [-0.1, -0.05) is 12.1 Å². The van der Waals surface area contributed by atoms with E-state index in [1.165, 1.54) is 0 Å². The van der Waals surface area contributed by atoms with Gasteiger partial charge < -0.3 is 4.74 Å². The van der Waals surface area contributed by atoms with Crippen molar-refractivity contribution in [1.29, 1.82) is 0 Å². The number of hydrazine groups is 1. The molecule has 140 valence electrons. The molecule has 2 N–H and O–H groups in total. The van der Waals surface area contributed by atoms with E-state index in [4.69, 9.17) is 4.74 Å². The Balaban J connectivity index is 1.40. The van der Waals surface area contributed by atoms with Gasteiger partial charge in [-0.15, -0.1) is 11.3 Å². The maximum atomic E-state index is 12.0. The summed E-state index contributed by atoms with van der Waals surface area (Å²) >= 11 is 1.65. The van der Waals surface area contributed by atoms with Crippen LogP contribution in [-0.2, 0) is 11.2 Å². The molecule has 0 aliphatic carbocycles. The van der Waals surface area contributed by atoms with Gasteiger partial charge in [-0.2, -0.15) is 0 Å². The van der Waals surface area contributed by atoms with Crippen LogP contribution in [0, 0.1) is 0 Å². The molecule has 1 aromatic heterocycles. The lowest BCUT2D eigenvalue weighted by molar-refractivity contribution is -0.121. The molecule has 0 bridgehead atoms. The van der Waals surface area contributed by atoms with Crippen molar-refractivity contribution in [3.63, 3.8) is 0 Å². The summed E-state index contributed by atoms with van der Waals surface area (Å²) in [6.07, 6.45) is 1.73. The minimum absolute atomic E-state index is 0.226. The van der Waals surface area contributed by atoms with Gasteiger partial charge in [-0.25, -0.2) is 4.98 Å². The number of hydrogen-bond donors (Lipinski definition) is 2. The number of carbonyl (C=O) groups excluding carboxylic acids is 2. The van der Waals surface area contributed by atoms with Crippen molar-refractivity contribution in [3.05, 3.63) is 59.1 Å². The second-order valence-corrected chi connectivity index (χ2v) is 7.00. The molecule has 3 rings (SSSR count). The number of nitrogens with one attached hydrogen (secondary N) is 2. The average Bonchev–Trinajstić information content (AvgIpc) is 3.10. The third kappa shape index (κ3) is 5.27. The Morgan fingerprint density at radius 2 is 1.85 bits per heavy atom. The maximum absolute atomic E-state index is 12.0. The number of carbonyl (C=O) groups is 2. The number of nitrogens with zero attached hydrogens (tertiary/aromatic N) is 1. The van der Waals surface area contributed by atoms with Crippen LogP contribution in [0.5, 0.6) is 5.75 Å². The SMILES string of the molecule is CCOc1ccc(C(=O)NNC(=O)CCCc2nc3ccccc3s2)cc1. The summed E-state index contributed by atoms with van der Waals surface area (Å²) in [6.45, 7) is 2.46. The Kier molecular flexibility index (Phi) is 6.38. The van der Waals surface area contributed by atoms with E-state index in [-0.39, 0.29) is 11.8 Å². The second kappa shape index (κ2) is 9.14. The number of benzene rings is 2. The molecule has 2 aromatic carbocycles. The lowest BCUT2D eigenvalue weighted by Crippen LogP contribution is -2.41. The smallest absolute Gasteiger partial charge is 0.269 e. The van der Waals surface area contributed by atoms with Crippen LogP contribution < -0.4 is 15.6 Å². The number of hydrogen-bond acceptors (Lipinski definition) is 5. The van der Waals surface area contributed by atoms with E-state index in [1.807, 2.05) is 31.2 Å². The summed E-state index contributed by atoms with van der Waals surface area (Å²) in [5, 5.41) is 1.02. The molecule has 0 saturated carbocycles. The zero-order chi connectivity index (χ0) is 19.1. The molecule has 2 amide bonds. The fraction of sp³-hybridized carbons (Fsp3) is 0.250. The minimum atomic E-state index is -0.363. The molecule has 6 nitrogen and oxygen atoms in total. The van der Waals surface area contributed by atoms with Gasteiger partial charge in [-0.3, -0.25) is 20.4 Å². The molecule has 0 fully saturated rings. The van der Waals surface area contributed by atoms with E-state index < -0.39 is 0 Å². The van der Waals surface area contributed by atoms with Gasteiger partial charge in [0.15, 0.2) is 0 Å². The first-order valence-electron chi connectivity index (χ1n) is 8.82. The molecule has 3 aromatic rings. The summed E-state index contributed by atoms with van der Waals surface area (Å²) < 4.78 is 6.49. The average molecular weight is 383 g/mol. The predicted octanol–water partition coefficient (Wildman–Crippen LogP) is 3.48. The monoisotopic (exact) mass is 383 g/mol. The van der Waals surface area contributed by atoms with Crippen molar-refractivity contribution in [1.82, 2.24) is 15.8 Å². The molecular formula is C20H21N3O3S. The number of fused-ring (bicyclic) bond motifs is 1. The van der Waals surface area contributed by atoms with Gasteiger partial charge in [0.25, 0.3) is 5.91 Å². The number of aromatic nitrogens is 1. The summed E-state index contributed by atoms with van der Waals surface area (Å²) in [5.41, 5.74) is 6.32. The summed E-state index contributed by atoms with van der Waals surface area (Å²) in [4.78, 5) is 28.5. The molecular weight excluding hydrogens is 362 g/mol. The highest BCUT2D eigenvalue weighted by Gasteiger charge is 2.09. The Hall–Kier alpha value is -2.93. The van der Waals surface area contributed by atoms with E-state index in [0.29, 0.717) is 30.8 Å². The highest BCUT2D eigenvalue weighted by molar-refractivity contribution is 7.18. The molecule has 27 heavy (non-hydrogen) atoms. The van der Waals surface area contributed by atoms with Crippen LogP contribution in [-0.4, -0.2) is 23.4 Å². The fourth-order valence-electron chi connectivity index (χ4n) is 2.56. The van der Waals surface area contributed by atoms with Crippen LogP contribution in [0.2, 0.25) is 0 Å². The second-order valence-electron chi connectivity index (χ2n) is 5.89. The van der Waals surface area contributed by atoms with Crippen LogP contribution in [0.1, 0.15) is 35.1 Å². The fourth-order valence-corrected chi connectivity index (χ4v) is 3.57. The van der Waals surface area contributed by atoms with Gasteiger partial charge in [0.2, 0.25) is 5.91 Å². The predicted molar refractivity (Wildman–Crippen MR) is 106 cm³/mol. The van der Waals surface area contributed by atoms with Crippen molar-refractivity contribution in [2.24, 2.45) is 0 Å². The third-order valence-electron chi connectivity index (χ3n) is 3.88. The Labute approximate surface area is 161 Å². The van der Waals surface area contributed by atoms with E-state index in [2.05, 4.69) is 15.8 Å². The third-order valence-corrected chi connectivity index (χ3v) is 4.97. The minimum Gasteiger partial charge on any atom is -0.494 e. The molecule has 0 atom stereocenters. The number of ether oxygens (including phenoxy) is 1. The van der Waals surface area contributed by atoms with Gasteiger partial charge in [0, 0.05) is 12.0 Å². The quantitative estimate of drug-likeness (QED) is 0.612. The molecule has 0 saturated heterocycles. The van der Waals surface area contributed by atoms with Crippen molar-refractivity contribution in [3.8, 4) is 5.75 Å². The van der Waals surface area contributed by atoms with Crippen molar-refractivity contribution < 1.29 is 14.3 Å². The van der Waals surface area contributed by atoms with Gasteiger partial charge in [0.1, 0.15) is 5.75 Å². The number of para-hydroxylation sites is 1. The van der Waals surface area contributed by atoms with Crippen LogP contribution >= 0.6 is 11.3 Å². The van der Waals surface area contributed by atoms with E-state index >= 15 is 0 Å². The normalized spacial score (nSPS) is 10.6. The zero-order valence-corrected chi connectivity index (χ0v) is 15.8.